The number of benzene rings is 2. The Labute approximate surface area is 123 Å². The molecule has 0 fully saturated rings. The Morgan fingerprint density at radius 2 is 1.53 bits per heavy atom. The molecule has 0 unspecified atom stereocenters. The molecule has 0 atom stereocenters. The van der Waals surface area contributed by atoms with E-state index in [2.05, 4.69) is 22.8 Å². The molecule has 0 aliphatic heterocycles. The maximum Gasteiger partial charge on any atom is 0.0441 e. The van der Waals surface area contributed by atoms with E-state index in [0.717, 1.165) is 25.3 Å². The summed E-state index contributed by atoms with van der Waals surface area (Å²) in [4.78, 5) is 0. The van der Waals surface area contributed by atoms with Crippen LogP contribution in [0.4, 0.5) is 5.69 Å². The van der Waals surface area contributed by atoms with Gasteiger partial charge in [-0.25, -0.2) is 0 Å². The fraction of sp³-hybridized carbons (Fsp3) is 0.200. The van der Waals surface area contributed by atoms with Gasteiger partial charge < -0.3 is 10.6 Å². The highest BCUT2D eigenvalue weighted by Crippen LogP contribution is 2.22. The van der Waals surface area contributed by atoms with Gasteiger partial charge in [0.05, 0.1) is 0 Å². The van der Waals surface area contributed by atoms with E-state index in [0.29, 0.717) is 10.0 Å². The van der Waals surface area contributed by atoms with Crippen molar-refractivity contribution in [1.82, 2.24) is 5.32 Å². The quantitative estimate of drug-likeness (QED) is 0.781. The lowest BCUT2D eigenvalue weighted by atomic mass is 10.2. The minimum Gasteiger partial charge on any atom is -0.384 e. The molecule has 0 amide bonds. The molecule has 0 aliphatic rings. The first kappa shape index (κ1) is 14.2. The van der Waals surface area contributed by atoms with Crippen molar-refractivity contribution in [3.8, 4) is 0 Å². The summed E-state index contributed by atoms with van der Waals surface area (Å²) < 4.78 is 0. The van der Waals surface area contributed by atoms with Gasteiger partial charge in [0.15, 0.2) is 0 Å². The Bertz CT molecular complexity index is 495. The molecule has 2 aromatic carbocycles. The van der Waals surface area contributed by atoms with E-state index in [-0.39, 0.29) is 0 Å². The predicted octanol–water partition coefficient (Wildman–Crippen LogP) is 4.20. The van der Waals surface area contributed by atoms with Crippen LogP contribution in [0.3, 0.4) is 0 Å². The van der Waals surface area contributed by atoms with Crippen molar-refractivity contribution >= 4 is 28.9 Å². The van der Waals surface area contributed by atoms with Crippen molar-refractivity contribution in [2.45, 2.75) is 6.54 Å². The second kappa shape index (κ2) is 7.39. The van der Waals surface area contributed by atoms with Gasteiger partial charge in [0.2, 0.25) is 0 Å². The molecule has 0 bridgehead atoms. The van der Waals surface area contributed by atoms with Gasteiger partial charge in [-0.1, -0.05) is 53.5 Å². The summed E-state index contributed by atoms with van der Waals surface area (Å²) in [6, 6.07) is 15.8. The molecule has 2 rings (SSSR count). The van der Waals surface area contributed by atoms with E-state index in [1.165, 1.54) is 5.56 Å². The Balaban J connectivity index is 1.69. The maximum absolute atomic E-state index is 5.93. The SMILES string of the molecule is Clc1cc(Cl)cc(NCCNCc2ccccc2)c1. The summed E-state index contributed by atoms with van der Waals surface area (Å²) in [5, 5.41) is 7.95. The van der Waals surface area contributed by atoms with Gasteiger partial charge in [-0.05, 0) is 23.8 Å². The monoisotopic (exact) mass is 294 g/mol. The molecule has 0 spiro atoms. The second-order valence-corrected chi connectivity index (χ2v) is 5.12. The number of hydrogen-bond donors (Lipinski definition) is 2. The van der Waals surface area contributed by atoms with Crippen LogP contribution < -0.4 is 10.6 Å². The van der Waals surface area contributed by atoms with Crippen molar-refractivity contribution in [2.75, 3.05) is 18.4 Å². The molecule has 4 heteroatoms. The van der Waals surface area contributed by atoms with E-state index < -0.39 is 0 Å². The van der Waals surface area contributed by atoms with Crippen molar-refractivity contribution in [1.29, 1.82) is 0 Å². The number of anilines is 1. The van der Waals surface area contributed by atoms with Gasteiger partial charge in [0, 0.05) is 35.4 Å². The third-order valence-electron chi connectivity index (χ3n) is 2.67. The largest absolute Gasteiger partial charge is 0.384 e. The third kappa shape index (κ3) is 5.11. The van der Waals surface area contributed by atoms with E-state index in [1.54, 1.807) is 6.07 Å². The van der Waals surface area contributed by atoms with Crippen LogP contribution in [-0.4, -0.2) is 13.1 Å². The Kier molecular flexibility index (Phi) is 5.52. The lowest BCUT2D eigenvalue weighted by Gasteiger charge is -2.08. The van der Waals surface area contributed by atoms with Crippen molar-refractivity contribution in [2.24, 2.45) is 0 Å². The van der Waals surface area contributed by atoms with Crippen molar-refractivity contribution in [3.05, 3.63) is 64.1 Å². The highest BCUT2D eigenvalue weighted by atomic mass is 35.5. The molecular formula is C15H16Cl2N2. The fourth-order valence-corrected chi connectivity index (χ4v) is 2.31. The van der Waals surface area contributed by atoms with Crippen LogP contribution in [0.15, 0.2) is 48.5 Å². The van der Waals surface area contributed by atoms with Crippen LogP contribution in [0, 0.1) is 0 Å². The summed E-state index contributed by atoms with van der Waals surface area (Å²) in [5.74, 6) is 0. The molecular weight excluding hydrogens is 279 g/mol. The fourth-order valence-electron chi connectivity index (χ4n) is 1.78. The van der Waals surface area contributed by atoms with Gasteiger partial charge >= 0.3 is 0 Å². The summed E-state index contributed by atoms with van der Waals surface area (Å²) >= 11 is 11.9. The number of hydrogen-bond acceptors (Lipinski definition) is 2. The highest BCUT2D eigenvalue weighted by Gasteiger charge is 1.97. The van der Waals surface area contributed by atoms with Crippen LogP contribution in [0.1, 0.15) is 5.56 Å². The zero-order valence-electron chi connectivity index (χ0n) is 10.5. The minimum absolute atomic E-state index is 0.646. The maximum atomic E-state index is 5.93. The van der Waals surface area contributed by atoms with Crippen LogP contribution in [0.5, 0.6) is 0 Å². The Morgan fingerprint density at radius 3 is 2.21 bits per heavy atom. The van der Waals surface area contributed by atoms with Crippen LogP contribution in [0.2, 0.25) is 10.0 Å². The van der Waals surface area contributed by atoms with Crippen LogP contribution >= 0.6 is 23.2 Å². The lowest BCUT2D eigenvalue weighted by Crippen LogP contribution is -2.21. The zero-order chi connectivity index (χ0) is 13.5. The molecule has 0 radical (unpaired) electrons. The minimum atomic E-state index is 0.646. The highest BCUT2D eigenvalue weighted by molar-refractivity contribution is 6.35. The molecule has 100 valence electrons. The van der Waals surface area contributed by atoms with Gasteiger partial charge in [-0.2, -0.15) is 0 Å². The molecule has 19 heavy (non-hydrogen) atoms. The molecule has 2 nitrogen and oxygen atoms in total. The number of halogens is 2. The van der Waals surface area contributed by atoms with Crippen LogP contribution in [-0.2, 0) is 6.54 Å². The summed E-state index contributed by atoms with van der Waals surface area (Å²) in [7, 11) is 0. The smallest absolute Gasteiger partial charge is 0.0441 e. The molecule has 2 N–H and O–H groups in total. The molecule has 2 aromatic rings. The second-order valence-electron chi connectivity index (χ2n) is 4.25. The van der Waals surface area contributed by atoms with Crippen LogP contribution in [0.25, 0.3) is 0 Å². The first-order valence-electron chi connectivity index (χ1n) is 6.18. The van der Waals surface area contributed by atoms with Gasteiger partial charge in [0.25, 0.3) is 0 Å². The standard InChI is InChI=1S/C15H16Cl2N2/c16-13-8-14(17)10-15(9-13)19-7-6-18-11-12-4-2-1-3-5-12/h1-5,8-10,18-19H,6-7,11H2. The van der Waals surface area contributed by atoms with E-state index in [9.17, 15) is 0 Å². The number of rotatable bonds is 6. The summed E-state index contributed by atoms with van der Waals surface area (Å²) in [6.45, 7) is 2.57. The van der Waals surface area contributed by atoms with Crippen molar-refractivity contribution < 1.29 is 0 Å². The van der Waals surface area contributed by atoms with Gasteiger partial charge in [-0.15, -0.1) is 0 Å². The lowest BCUT2D eigenvalue weighted by molar-refractivity contribution is 0.707. The van der Waals surface area contributed by atoms with Crippen molar-refractivity contribution in [3.63, 3.8) is 0 Å². The normalized spacial score (nSPS) is 10.4. The molecule has 0 saturated carbocycles. The predicted molar refractivity (Wildman–Crippen MR) is 83.1 cm³/mol. The topological polar surface area (TPSA) is 24.1 Å². The first-order chi connectivity index (χ1) is 9.24. The average molecular weight is 295 g/mol. The Morgan fingerprint density at radius 1 is 0.842 bits per heavy atom. The molecule has 0 heterocycles. The van der Waals surface area contributed by atoms with Gasteiger partial charge in [0.1, 0.15) is 0 Å². The van der Waals surface area contributed by atoms with Gasteiger partial charge in [-0.3, -0.25) is 0 Å². The molecule has 0 saturated heterocycles. The Hall–Kier alpha value is -1.22. The summed E-state index contributed by atoms with van der Waals surface area (Å²) in [5.41, 5.74) is 2.23. The van der Waals surface area contributed by atoms with E-state index >= 15 is 0 Å². The summed E-state index contributed by atoms with van der Waals surface area (Å²) in [6.07, 6.45) is 0. The number of nitrogens with one attached hydrogen (secondary N) is 2. The zero-order valence-corrected chi connectivity index (χ0v) is 12.0. The van der Waals surface area contributed by atoms with E-state index in [1.807, 2.05) is 30.3 Å². The molecule has 0 aromatic heterocycles. The first-order valence-corrected chi connectivity index (χ1v) is 6.94. The van der Waals surface area contributed by atoms with E-state index in [4.69, 9.17) is 23.2 Å². The molecule has 0 aliphatic carbocycles. The third-order valence-corrected chi connectivity index (χ3v) is 3.10. The average Bonchev–Trinajstić information content (AvgIpc) is 2.38.